The molecule has 2 unspecified atom stereocenters. The van der Waals surface area contributed by atoms with Crippen LogP contribution in [0.15, 0.2) is 21.9 Å². The van der Waals surface area contributed by atoms with Crippen molar-refractivity contribution in [3.63, 3.8) is 0 Å². The van der Waals surface area contributed by atoms with Gasteiger partial charge in [-0.25, -0.2) is 9.48 Å². The number of morpholine rings is 1. The molecule has 11 heteroatoms. The standard InChI is InChI=1S/C20H28N6O5/c1-20(2)5-3-4-14(31-20)12-26-10-13(23-24-26)8-15-11-25(6-7-30-15)18(28)16-9-17(27)22-19(29)21-16/h9-10,14-15H,3-8,11-12H2,1-2H3,(H2,21,22,27,29). The fraction of sp³-hybridized carbons (Fsp3) is 0.650. The van der Waals surface area contributed by atoms with Gasteiger partial charge in [0, 0.05) is 31.8 Å². The van der Waals surface area contributed by atoms with Crippen molar-refractivity contribution < 1.29 is 14.3 Å². The lowest BCUT2D eigenvalue weighted by molar-refractivity contribution is -0.113. The van der Waals surface area contributed by atoms with E-state index in [-0.39, 0.29) is 23.5 Å². The molecule has 2 aromatic rings. The Bertz CT molecular complexity index is 1010. The smallest absolute Gasteiger partial charge is 0.326 e. The number of carbonyl (C=O) groups excluding carboxylic acids is 1. The zero-order chi connectivity index (χ0) is 22.0. The van der Waals surface area contributed by atoms with Crippen molar-refractivity contribution in [2.75, 3.05) is 19.7 Å². The number of nitrogens with one attached hydrogen (secondary N) is 2. The van der Waals surface area contributed by atoms with Crippen molar-refractivity contribution in [1.29, 1.82) is 0 Å². The predicted molar refractivity (Wildman–Crippen MR) is 110 cm³/mol. The SMILES string of the molecule is CC1(C)CCCC(Cn2cc(CC3CN(C(=O)c4cc(=O)[nH]c(=O)[nH]4)CCO3)nn2)O1. The zero-order valence-electron chi connectivity index (χ0n) is 17.8. The quantitative estimate of drug-likeness (QED) is 0.683. The normalized spacial score (nSPS) is 23.6. The molecule has 4 rings (SSSR count). The maximum atomic E-state index is 12.7. The highest BCUT2D eigenvalue weighted by Crippen LogP contribution is 2.28. The van der Waals surface area contributed by atoms with Crippen molar-refractivity contribution in [3.8, 4) is 0 Å². The van der Waals surface area contributed by atoms with Gasteiger partial charge in [-0.2, -0.15) is 0 Å². The van der Waals surface area contributed by atoms with Crippen LogP contribution in [0.3, 0.4) is 0 Å². The molecule has 11 nitrogen and oxygen atoms in total. The topological polar surface area (TPSA) is 135 Å². The second kappa shape index (κ2) is 8.75. The van der Waals surface area contributed by atoms with Crippen LogP contribution in [0.25, 0.3) is 0 Å². The summed E-state index contributed by atoms with van der Waals surface area (Å²) in [5.74, 6) is -0.405. The van der Waals surface area contributed by atoms with E-state index in [1.807, 2.05) is 6.20 Å². The van der Waals surface area contributed by atoms with Gasteiger partial charge in [0.2, 0.25) is 0 Å². The maximum absolute atomic E-state index is 12.7. The summed E-state index contributed by atoms with van der Waals surface area (Å²) in [5, 5.41) is 8.46. The molecule has 0 aliphatic carbocycles. The molecular formula is C20H28N6O5. The molecule has 2 N–H and O–H groups in total. The summed E-state index contributed by atoms with van der Waals surface area (Å²) in [4.78, 5) is 41.6. The summed E-state index contributed by atoms with van der Waals surface area (Å²) < 4.78 is 13.7. The first kappa shape index (κ1) is 21.4. The summed E-state index contributed by atoms with van der Waals surface area (Å²) >= 11 is 0. The minimum Gasteiger partial charge on any atom is -0.374 e. The number of aromatic amines is 2. The molecule has 0 bridgehead atoms. The molecule has 2 aromatic heterocycles. The molecule has 0 aromatic carbocycles. The molecule has 2 fully saturated rings. The van der Waals surface area contributed by atoms with Gasteiger partial charge < -0.3 is 19.4 Å². The lowest BCUT2D eigenvalue weighted by Gasteiger charge is -2.35. The molecule has 31 heavy (non-hydrogen) atoms. The fourth-order valence-electron chi connectivity index (χ4n) is 4.20. The number of amides is 1. The molecule has 2 aliphatic heterocycles. The number of carbonyl (C=O) groups is 1. The van der Waals surface area contributed by atoms with E-state index in [2.05, 4.69) is 34.1 Å². The van der Waals surface area contributed by atoms with Crippen LogP contribution >= 0.6 is 0 Å². The number of hydrogen-bond acceptors (Lipinski definition) is 7. The molecule has 2 saturated heterocycles. The Morgan fingerprint density at radius 2 is 2.13 bits per heavy atom. The van der Waals surface area contributed by atoms with Crippen LogP contribution in [-0.4, -0.2) is 73.3 Å². The van der Waals surface area contributed by atoms with E-state index in [9.17, 15) is 14.4 Å². The average molecular weight is 432 g/mol. The summed E-state index contributed by atoms with van der Waals surface area (Å²) in [5.41, 5.74) is -0.678. The van der Waals surface area contributed by atoms with Gasteiger partial charge in [-0.3, -0.25) is 14.6 Å². The van der Waals surface area contributed by atoms with Gasteiger partial charge in [-0.15, -0.1) is 5.10 Å². The lowest BCUT2D eigenvalue weighted by Crippen LogP contribution is -2.47. The average Bonchev–Trinajstić information content (AvgIpc) is 3.12. The molecule has 0 saturated carbocycles. The molecule has 0 spiro atoms. The molecule has 1 amide bonds. The molecule has 2 atom stereocenters. The second-order valence-corrected chi connectivity index (χ2v) is 8.77. The molecule has 0 radical (unpaired) electrons. The number of hydrogen-bond donors (Lipinski definition) is 2. The van der Waals surface area contributed by atoms with E-state index < -0.39 is 17.2 Å². The monoisotopic (exact) mass is 432 g/mol. The van der Waals surface area contributed by atoms with Gasteiger partial charge in [-0.1, -0.05) is 5.21 Å². The van der Waals surface area contributed by atoms with Crippen LogP contribution in [0.1, 0.15) is 49.3 Å². The van der Waals surface area contributed by atoms with Gasteiger partial charge in [0.1, 0.15) is 5.69 Å². The third kappa shape index (κ3) is 5.47. The Kier molecular flexibility index (Phi) is 6.05. The van der Waals surface area contributed by atoms with Gasteiger partial charge >= 0.3 is 5.69 Å². The van der Waals surface area contributed by atoms with Crippen LogP contribution in [0, 0.1) is 0 Å². The number of aromatic nitrogens is 5. The third-order valence-electron chi connectivity index (χ3n) is 5.62. The Morgan fingerprint density at radius 1 is 1.29 bits per heavy atom. The van der Waals surface area contributed by atoms with Crippen LogP contribution in [0.2, 0.25) is 0 Å². The van der Waals surface area contributed by atoms with Gasteiger partial charge in [0.05, 0.1) is 36.7 Å². The van der Waals surface area contributed by atoms with E-state index in [4.69, 9.17) is 9.47 Å². The van der Waals surface area contributed by atoms with Crippen molar-refractivity contribution in [2.24, 2.45) is 0 Å². The van der Waals surface area contributed by atoms with E-state index >= 15 is 0 Å². The highest BCUT2D eigenvalue weighted by molar-refractivity contribution is 5.92. The van der Waals surface area contributed by atoms with Crippen molar-refractivity contribution in [2.45, 2.75) is 63.9 Å². The highest BCUT2D eigenvalue weighted by Gasteiger charge is 2.29. The van der Waals surface area contributed by atoms with Gasteiger partial charge in [-0.05, 0) is 33.1 Å². The van der Waals surface area contributed by atoms with E-state index in [1.165, 1.54) is 0 Å². The van der Waals surface area contributed by atoms with E-state index in [0.717, 1.165) is 31.0 Å². The Balaban J connectivity index is 1.35. The predicted octanol–water partition coefficient (Wildman–Crippen LogP) is 0.0861. The number of H-pyrrole nitrogens is 2. The first-order valence-corrected chi connectivity index (χ1v) is 10.6. The summed E-state index contributed by atoms with van der Waals surface area (Å²) in [6.07, 6.45) is 5.47. The zero-order valence-corrected chi connectivity index (χ0v) is 17.8. The first-order chi connectivity index (χ1) is 14.8. The van der Waals surface area contributed by atoms with E-state index in [0.29, 0.717) is 32.7 Å². The highest BCUT2D eigenvalue weighted by atomic mass is 16.5. The maximum Gasteiger partial charge on any atom is 0.326 e. The first-order valence-electron chi connectivity index (χ1n) is 10.6. The molecule has 168 valence electrons. The van der Waals surface area contributed by atoms with Gasteiger partial charge in [0.15, 0.2) is 0 Å². The Labute approximate surface area is 178 Å². The second-order valence-electron chi connectivity index (χ2n) is 8.77. The largest absolute Gasteiger partial charge is 0.374 e. The van der Waals surface area contributed by atoms with Crippen molar-refractivity contribution in [3.05, 3.63) is 44.5 Å². The molecule has 2 aliphatic rings. The van der Waals surface area contributed by atoms with Crippen LogP contribution in [-0.2, 0) is 22.4 Å². The van der Waals surface area contributed by atoms with Crippen LogP contribution < -0.4 is 11.2 Å². The summed E-state index contributed by atoms with van der Waals surface area (Å²) in [6.45, 7) is 5.96. The number of ether oxygens (including phenoxy) is 2. The van der Waals surface area contributed by atoms with Crippen molar-refractivity contribution in [1.82, 2.24) is 29.9 Å². The summed E-state index contributed by atoms with van der Waals surface area (Å²) in [7, 11) is 0. The van der Waals surface area contributed by atoms with E-state index in [1.54, 1.807) is 9.58 Å². The van der Waals surface area contributed by atoms with Crippen LogP contribution in [0.5, 0.6) is 0 Å². The van der Waals surface area contributed by atoms with Crippen LogP contribution in [0.4, 0.5) is 0 Å². The Hall–Kier alpha value is -2.79. The summed E-state index contributed by atoms with van der Waals surface area (Å²) in [6, 6.07) is 1.09. The third-order valence-corrected chi connectivity index (χ3v) is 5.62. The molecular weight excluding hydrogens is 404 g/mol. The van der Waals surface area contributed by atoms with Crippen molar-refractivity contribution >= 4 is 5.91 Å². The number of rotatable bonds is 5. The Morgan fingerprint density at radius 3 is 2.90 bits per heavy atom. The number of nitrogens with zero attached hydrogens (tertiary/aromatic N) is 4. The lowest BCUT2D eigenvalue weighted by atomic mass is 9.95. The minimum atomic E-state index is -0.706. The molecule has 4 heterocycles. The minimum absolute atomic E-state index is 0.0317. The fourth-order valence-corrected chi connectivity index (χ4v) is 4.20. The van der Waals surface area contributed by atoms with Gasteiger partial charge in [0.25, 0.3) is 11.5 Å².